The Hall–Kier alpha value is -0.800. The average molecular weight is 210 g/mol. The molecule has 0 aromatic carbocycles. The van der Waals surface area contributed by atoms with Gasteiger partial charge in [0.25, 0.3) is 0 Å². The molecule has 0 radical (unpaired) electrons. The van der Waals surface area contributed by atoms with Gasteiger partial charge in [0.1, 0.15) is 0 Å². The van der Waals surface area contributed by atoms with Crippen LogP contribution >= 0.6 is 0 Å². The van der Waals surface area contributed by atoms with Gasteiger partial charge in [-0.25, -0.2) is 0 Å². The van der Waals surface area contributed by atoms with Gasteiger partial charge >= 0.3 is 0 Å². The van der Waals surface area contributed by atoms with Crippen molar-refractivity contribution in [2.75, 3.05) is 6.54 Å². The summed E-state index contributed by atoms with van der Waals surface area (Å²) in [7, 11) is 2.09. The molecule has 0 saturated carbocycles. The lowest BCUT2D eigenvalue weighted by Crippen LogP contribution is -2.18. The third-order valence-electron chi connectivity index (χ3n) is 2.93. The Bertz CT molecular complexity index is 316. The Kier molecular flexibility index (Phi) is 4.36. The first-order valence-corrected chi connectivity index (χ1v) is 5.53. The molecule has 1 rings (SSSR count). The molecular weight excluding hydrogens is 188 g/mol. The van der Waals surface area contributed by atoms with E-state index in [-0.39, 0.29) is 6.10 Å². The summed E-state index contributed by atoms with van der Waals surface area (Å²) in [6, 6.07) is 2.21. The minimum atomic E-state index is -0.212. The van der Waals surface area contributed by atoms with Crippen molar-refractivity contribution in [3.8, 4) is 0 Å². The molecule has 3 heteroatoms. The molecule has 1 unspecified atom stereocenters. The number of aromatic nitrogens is 1. The molecular formula is C12H22N2O. The van der Waals surface area contributed by atoms with Crippen LogP contribution in [0.4, 0.5) is 0 Å². The fraction of sp³-hybridized carbons (Fsp3) is 0.667. The number of nitrogens with zero attached hydrogens (tertiary/aromatic N) is 1. The van der Waals surface area contributed by atoms with Crippen LogP contribution in [0.5, 0.6) is 0 Å². The van der Waals surface area contributed by atoms with E-state index in [4.69, 9.17) is 5.11 Å². The summed E-state index contributed by atoms with van der Waals surface area (Å²) in [5, 5.41) is 12.4. The van der Waals surface area contributed by atoms with Crippen LogP contribution in [0.1, 0.15) is 30.3 Å². The zero-order valence-electron chi connectivity index (χ0n) is 10.2. The molecule has 1 heterocycles. The van der Waals surface area contributed by atoms with Crippen molar-refractivity contribution >= 4 is 0 Å². The fourth-order valence-electron chi connectivity index (χ4n) is 1.65. The number of aryl methyl sites for hydroxylation is 1. The van der Waals surface area contributed by atoms with Crippen LogP contribution in [-0.2, 0) is 13.6 Å². The zero-order valence-corrected chi connectivity index (χ0v) is 10.2. The van der Waals surface area contributed by atoms with E-state index < -0.39 is 0 Å². The van der Waals surface area contributed by atoms with Gasteiger partial charge in [0.2, 0.25) is 0 Å². The van der Waals surface area contributed by atoms with Gasteiger partial charge in [-0.15, -0.1) is 0 Å². The predicted molar refractivity (Wildman–Crippen MR) is 62.9 cm³/mol. The van der Waals surface area contributed by atoms with Crippen LogP contribution in [0.15, 0.2) is 6.07 Å². The molecule has 0 aliphatic rings. The summed E-state index contributed by atoms with van der Waals surface area (Å²) in [5.41, 5.74) is 3.96. The topological polar surface area (TPSA) is 37.2 Å². The van der Waals surface area contributed by atoms with Crippen LogP contribution in [0.3, 0.4) is 0 Å². The highest BCUT2D eigenvalue weighted by atomic mass is 16.3. The van der Waals surface area contributed by atoms with Crippen LogP contribution < -0.4 is 5.32 Å². The van der Waals surface area contributed by atoms with Gasteiger partial charge in [0.15, 0.2) is 0 Å². The number of hydrogen-bond donors (Lipinski definition) is 2. The minimum absolute atomic E-state index is 0.212. The first-order valence-electron chi connectivity index (χ1n) is 5.53. The number of nitrogens with one attached hydrogen (secondary N) is 1. The van der Waals surface area contributed by atoms with Crippen molar-refractivity contribution in [2.45, 2.75) is 39.8 Å². The Labute approximate surface area is 92.1 Å². The maximum absolute atomic E-state index is 9.11. The number of rotatable bonds is 5. The highest BCUT2D eigenvalue weighted by Crippen LogP contribution is 2.12. The van der Waals surface area contributed by atoms with Crippen molar-refractivity contribution < 1.29 is 5.11 Å². The van der Waals surface area contributed by atoms with Gasteiger partial charge in [0, 0.05) is 25.0 Å². The largest absolute Gasteiger partial charge is 0.393 e. The normalized spacial score (nSPS) is 13.1. The van der Waals surface area contributed by atoms with Gasteiger partial charge < -0.3 is 15.0 Å². The monoisotopic (exact) mass is 210 g/mol. The van der Waals surface area contributed by atoms with E-state index in [1.54, 1.807) is 0 Å². The van der Waals surface area contributed by atoms with Crippen molar-refractivity contribution in [3.63, 3.8) is 0 Å². The van der Waals surface area contributed by atoms with E-state index >= 15 is 0 Å². The van der Waals surface area contributed by atoms with E-state index in [1.807, 2.05) is 6.92 Å². The van der Waals surface area contributed by atoms with Crippen molar-refractivity contribution in [3.05, 3.63) is 23.0 Å². The molecule has 3 nitrogen and oxygen atoms in total. The van der Waals surface area contributed by atoms with Crippen molar-refractivity contribution in [1.82, 2.24) is 9.88 Å². The molecule has 1 aromatic heterocycles. The van der Waals surface area contributed by atoms with Gasteiger partial charge in [-0.1, -0.05) is 0 Å². The number of hydrogen-bond acceptors (Lipinski definition) is 2. The Morgan fingerprint density at radius 2 is 2.13 bits per heavy atom. The summed E-state index contributed by atoms with van der Waals surface area (Å²) in [4.78, 5) is 0. The quantitative estimate of drug-likeness (QED) is 0.723. The number of aliphatic hydroxyl groups excluding tert-OH is 1. The van der Waals surface area contributed by atoms with E-state index in [2.05, 4.69) is 36.8 Å². The molecule has 1 atom stereocenters. The standard InChI is InChI=1S/C12H22N2O/c1-9-7-12(11(3)14(9)4)8-13-6-5-10(2)15/h7,10,13,15H,5-6,8H2,1-4H3. The molecule has 0 bridgehead atoms. The second-order valence-electron chi connectivity index (χ2n) is 4.27. The lowest BCUT2D eigenvalue weighted by Gasteiger charge is -2.06. The maximum Gasteiger partial charge on any atom is 0.0524 e. The Balaban J connectivity index is 2.41. The molecule has 0 amide bonds. The van der Waals surface area contributed by atoms with Crippen LogP contribution in [0.25, 0.3) is 0 Å². The molecule has 0 fully saturated rings. The highest BCUT2D eigenvalue weighted by molar-refractivity contribution is 5.26. The van der Waals surface area contributed by atoms with E-state index in [0.29, 0.717) is 0 Å². The van der Waals surface area contributed by atoms with Gasteiger partial charge in [-0.3, -0.25) is 0 Å². The van der Waals surface area contributed by atoms with Gasteiger partial charge in [0.05, 0.1) is 6.10 Å². The second-order valence-corrected chi connectivity index (χ2v) is 4.27. The molecule has 1 aromatic rings. The smallest absolute Gasteiger partial charge is 0.0524 e. The summed E-state index contributed by atoms with van der Waals surface area (Å²) < 4.78 is 2.20. The van der Waals surface area contributed by atoms with Gasteiger partial charge in [-0.2, -0.15) is 0 Å². The lowest BCUT2D eigenvalue weighted by atomic mass is 10.2. The van der Waals surface area contributed by atoms with Crippen LogP contribution in [-0.4, -0.2) is 22.3 Å². The highest BCUT2D eigenvalue weighted by Gasteiger charge is 2.05. The summed E-state index contributed by atoms with van der Waals surface area (Å²) in [6.07, 6.45) is 0.598. The fourth-order valence-corrected chi connectivity index (χ4v) is 1.65. The molecule has 0 aliphatic heterocycles. The third-order valence-corrected chi connectivity index (χ3v) is 2.93. The van der Waals surface area contributed by atoms with E-state index in [9.17, 15) is 0 Å². The summed E-state index contributed by atoms with van der Waals surface area (Å²) in [5.74, 6) is 0. The Morgan fingerprint density at radius 1 is 1.47 bits per heavy atom. The number of aliphatic hydroxyl groups is 1. The molecule has 2 N–H and O–H groups in total. The van der Waals surface area contributed by atoms with Crippen molar-refractivity contribution in [2.24, 2.45) is 7.05 Å². The average Bonchev–Trinajstić information content (AvgIpc) is 2.41. The second kappa shape index (κ2) is 5.33. The molecule has 0 spiro atoms. The lowest BCUT2D eigenvalue weighted by molar-refractivity contribution is 0.183. The third kappa shape index (κ3) is 3.36. The zero-order chi connectivity index (χ0) is 11.4. The van der Waals surface area contributed by atoms with E-state index in [0.717, 1.165) is 19.5 Å². The molecule has 0 saturated heterocycles. The predicted octanol–water partition coefficient (Wildman–Crippen LogP) is 1.50. The molecule has 15 heavy (non-hydrogen) atoms. The van der Waals surface area contributed by atoms with Crippen molar-refractivity contribution in [1.29, 1.82) is 0 Å². The minimum Gasteiger partial charge on any atom is -0.393 e. The SMILES string of the molecule is Cc1cc(CNCCC(C)O)c(C)n1C. The Morgan fingerprint density at radius 3 is 2.60 bits per heavy atom. The summed E-state index contributed by atoms with van der Waals surface area (Å²) >= 11 is 0. The maximum atomic E-state index is 9.11. The van der Waals surface area contributed by atoms with E-state index in [1.165, 1.54) is 17.0 Å². The summed E-state index contributed by atoms with van der Waals surface area (Å²) in [6.45, 7) is 7.83. The van der Waals surface area contributed by atoms with Crippen LogP contribution in [0, 0.1) is 13.8 Å². The first-order chi connectivity index (χ1) is 7.02. The first kappa shape index (κ1) is 12.3. The van der Waals surface area contributed by atoms with Gasteiger partial charge in [-0.05, 0) is 45.4 Å². The molecule has 86 valence electrons. The molecule has 0 aliphatic carbocycles. The van der Waals surface area contributed by atoms with Crippen LogP contribution in [0.2, 0.25) is 0 Å².